The highest BCUT2D eigenvalue weighted by molar-refractivity contribution is 6.30. The summed E-state index contributed by atoms with van der Waals surface area (Å²) in [5, 5.41) is 12.7. The topological polar surface area (TPSA) is 37.8 Å². The van der Waals surface area contributed by atoms with Crippen molar-refractivity contribution in [3.63, 3.8) is 0 Å². The van der Waals surface area contributed by atoms with Crippen LogP contribution in [0.2, 0.25) is 5.02 Å². The van der Waals surface area contributed by atoms with Crippen LogP contribution in [0.25, 0.3) is 0 Å². The van der Waals surface area contributed by atoms with Gasteiger partial charge in [-0.2, -0.15) is 10.2 Å². The van der Waals surface area contributed by atoms with Gasteiger partial charge < -0.3 is 5.32 Å². The fourth-order valence-corrected chi connectivity index (χ4v) is 2.34. The van der Waals surface area contributed by atoms with Crippen molar-refractivity contribution in [1.29, 1.82) is 0 Å². The van der Waals surface area contributed by atoms with E-state index in [0.717, 1.165) is 29.4 Å². The van der Waals surface area contributed by atoms with Gasteiger partial charge in [-0.3, -0.25) is 0 Å². The van der Waals surface area contributed by atoms with E-state index in [-0.39, 0.29) is 6.04 Å². The first-order valence-electron chi connectivity index (χ1n) is 6.91. The van der Waals surface area contributed by atoms with Gasteiger partial charge >= 0.3 is 0 Å². The second-order valence-corrected chi connectivity index (χ2v) is 5.40. The molecule has 1 unspecified atom stereocenters. The Labute approximate surface area is 125 Å². The first-order chi connectivity index (χ1) is 9.61. The van der Waals surface area contributed by atoms with E-state index in [1.165, 1.54) is 11.1 Å². The van der Waals surface area contributed by atoms with E-state index in [1.54, 1.807) is 0 Å². The molecule has 0 saturated carbocycles. The van der Waals surface area contributed by atoms with Gasteiger partial charge in [-0.05, 0) is 56.1 Å². The number of rotatable bonds is 5. The van der Waals surface area contributed by atoms with Gasteiger partial charge in [0, 0.05) is 5.02 Å². The Balaban J connectivity index is 2.41. The molecule has 0 aliphatic carbocycles. The van der Waals surface area contributed by atoms with E-state index < -0.39 is 0 Å². The monoisotopic (exact) mass is 289 g/mol. The van der Waals surface area contributed by atoms with Crippen molar-refractivity contribution in [2.45, 2.75) is 33.2 Å². The van der Waals surface area contributed by atoms with Gasteiger partial charge in [0.25, 0.3) is 0 Å². The minimum Gasteiger partial charge on any atom is -0.306 e. The molecule has 20 heavy (non-hydrogen) atoms. The van der Waals surface area contributed by atoms with Crippen LogP contribution >= 0.6 is 11.6 Å². The molecule has 1 heterocycles. The summed E-state index contributed by atoms with van der Waals surface area (Å²) in [6, 6.07) is 10.2. The number of benzene rings is 1. The molecular formula is C16H20ClN3. The lowest BCUT2D eigenvalue weighted by Gasteiger charge is -2.21. The quantitative estimate of drug-likeness (QED) is 0.909. The van der Waals surface area contributed by atoms with Crippen LogP contribution in [0, 0.1) is 13.8 Å². The molecular weight excluding hydrogens is 270 g/mol. The highest BCUT2D eigenvalue weighted by Gasteiger charge is 2.16. The average Bonchev–Trinajstić information content (AvgIpc) is 2.44. The molecule has 0 bridgehead atoms. The first-order valence-corrected chi connectivity index (χ1v) is 7.29. The van der Waals surface area contributed by atoms with Crippen molar-refractivity contribution < 1.29 is 0 Å². The Morgan fingerprint density at radius 2 is 1.85 bits per heavy atom. The Kier molecular flexibility index (Phi) is 5.10. The predicted molar refractivity (Wildman–Crippen MR) is 83.1 cm³/mol. The van der Waals surface area contributed by atoms with E-state index in [4.69, 9.17) is 11.6 Å². The van der Waals surface area contributed by atoms with E-state index in [1.807, 2.05) is 26.0 Å². The van der Waals surface area contributed by atoms with Crippen LogP contribution in [-0.4, -0.2) is 16.7 Å². The summed E-state index contributed by atoms with van der Waals surface area (Å²) in [5.41, 5.74) is 4.26. The standard InChI is InChI=1S/C16H20ClN3/c1-4-9-18-16(13-5-7-14(17)8-6-13)15-10-11(2)19-20-12(15)3/h5-8,10,16,18H,4,9H2,1-3H3. The summed E-state index contributed by atoms with van der Waals surface area (Å²) in [5.74, 6) is 0. The molecule has 1 N–H and O–H groups in total. The van der Waals surface area contributed by atoms with Gasteiger partial charge in [0.1, 0.15) is 0 Å². The molecule has 1 atom stereocenters. The van der Waals surface area contributed by atoms with Gasteiger partial charge in [0.2, 0.25) is 0 Å². The van der Waals surface area contributed by atoms with Crippen molar-refractivity contribution in [2.24, 2.45) is 0 Å². The van der Waals surface area contributed by atoms with Crippen LogP contribution in [0.4, 0.5) is 0 Å². The Morgan fingerprint density at radius 1 is 1.15 bits per heavy atom. The Bertz CT molecular complexity index is 566. The molecule has 0 saturated heterocycles. The maximum atomic E-state index is 5.98. The SMILES string of the molecule is CCCNC(c1ccc(Cl)cc1)c1cc(C)nnc1C. The zero-order chi connectivity index (χ0) is 14.5. The van der Waals surface area contributed by atoms with E-state index in [0.29, 0.717) is 0 Å². The van der Waals surface area contributed by atoms with E-state index in [9.17, 15) is 0 Å². The van der Waals surface area contributed by atoms with Crippen LogP contribution in [-0.2, 0) is 0 Å². The normalized spacial score (nSPS) is 12.4. The predicted octanol–water partition coefficient (Wildman–Crippen LogP) is 3.84. The minimum absolute atomic E-state index is 0.126. The summed E-state index contributed by atoms with van der Waals surface area (Å²) in [6.45, 7) is 7.08. The smallest absolute Gasteiger partial charge is 0.0651 e. The average molecular weight is 290 g/mol. The molecule has 0 fully saturated rings. The molecule has 1 aromatic carbocycles. The van der Waals surface area contributed by atoms with Crippen LogP contribution in [0.3, 0.4) is 0 Å². The maximum absolute atomic E-state index is 5.98. The largest absolute Gasteiger partial charge is 0.306 e. The number of aromatic nitrogens is 2. The molecule has 0 spiro atoms. The van der Waals surface area contributed by atoms with Crippen molar-refractivity contribution in [2.75, 3.05) is 6.54 Å². The third-order valence-electron chi connectivity index (χ3n) is 3.25. The lowest BCUT2D eigenvalue weighted by molar-refractivity contribution is 0.591. The van der Waals surface area contributed by atoms with Gasteiger partial charge in [-0.1, -0.05) is 30.7 Å². The van der Waals surface area contributed by atoms with Crippen LogP contribution in [0.15, 0.2) is 30.3 Å². The van der Waals surface area contributed by atoms with E-state index in [2.05, 4.69) is 40.6 Å². The molecule has 2 rings (SSSR count). The van der Waals surface area contributed by atoms with Gasteiger partial charge in [-0.25, -0.2) is 0 Å². The fraction of sp³-hybridized carbons (Fsp3) is 0.375. The summed E-state index contributed by atoms with van der Waals surface area (Å²) >= 11 is 5.98. The highest BCUT2D eigenvalue weighted by atomic mass is 35.5. The lowest BCUT2D eigenvalue weighted by atomic mass is 9.97. The Hall–Kier alpha value is -1.45. The summed E-state index contributed by atoms with van der Waals surface area (Å²) in [7, 11) is 0. The number of hydrogen-bond acceptors (Lipinski definition) is 3. The van der Waals surface area contributed by atoms with Gasteiger partial charge in [-0.15, -0.1) is 0 Å². The van der Waals surface area contributed by atoms with Crippen LogP contribution in [0.5, 0.6) is 0 Å². The van der Waals surface area contributed by atoms with Crippen molar-refractivity contribution in [3.05, 3.63) is 57.9 Å². The van der Waals surface area contributed by atoms with Gasteiger partial charge in [0.05, 0.1) is 17.4 Å². The number of aryl methyl sites for hydroxylation is 2. The number of nitrogens with one attached hydrogen (secondary N) is 1. The molecule has 1 aromatic heterocycles. The lowest BCUT2D eigenvalue weighted by Crippen LogP contribution is -2.24. The van der Waals surface area contributed by atoms with Crippen molar-refractivity contribution in [3.8, 4) is 0 Å². The second-order valence-electron chi connectivity index (χ2n) is 4.97. The molecule has 106 valence electrons. The highest BCUT2D eigenvalue weighted by Crippen LogP contribution is 2.25. The van der Waals surface area contributed by atoms with E-state index >= 15 is 0 Å². The minimum atomic E-state index is 0.126. The number of hydrogen-bond donors (Lipinski definition) is 1. The fourth-order valence-electron chi connectivity index (χ4n) is 2.21. The molecule has 3 nitrogen and oxygen atoms in total. The van der Waals surface area contributed by atoms with Gasteiger partial charge in [0.15, 0.2) is 0 Å². The maximum Gasteiger partial charge on any atom is 0.0651 e. The summed E-state index contributed by atoms with van der Waals surface area (Å²) in [4.78, 5) is 0. The summed E-state index contributed by atoms with van der Waals surface area (Å²) in [6.07, 6.45) is 1.08. The molecule has 2 aromatic rings. The molecule has 0 aliphatic rings. The molecule has 4 heteroatoms. The Morgan fingerprint density at radius 3 is 2.50 bits per heavy atom. The van der Waals surface area contributed by atoms with Crippen LogP contribution < -0.4 is 5.32 Å². The second kappa shape index (κ2) is 6.82. The first kappa shape index (κ1) is 14.9. The zero-order valence-corrected chi connectivity index (χ0v) is 12.9. The molecule has 0 radical (unpaired) electrons. The molecule has 0 amide bonds. The zero-order valence-electron chi connectivity index (χ0n) is 12.2. The third kappa shape index (κ3) is 3.56. The number of halogens is 1. The molecule has 0 aliphatic heterocycles. The van der Waals surface area contributed by atoms with Crippen LogP contribution in [0.1, 0.15) is 41.9 Å². The van der Waals surface area contributed by atoms with Crippen molar-refractivity contribution >= 4 is 11.6 Å². The number of nitrogens with zero attached hydrogens (tertiary/aromatic N) is 2. The summed E-state index contributed by atoms with van der Waals surface area (Å²) < 4.78 is 0. The third-order valence-corrected chi connectivity index (χ3v) is 3.50. The van der Waals surface area contributed by atoms with Crippen molar-refractivity contribution in [1.82, 2.24) is 15.5 Å².